The van der Waals surface area contributed by atoms with Gasteiger partial charge in [-0.15, -0.1) is 0 Å². The predicted octanol–water partition coefficient (Wildman–Crippen LogP) is 4.65. The second-order valence-electron chi connectivity index (χ2n) is 6.07. The number of methoxy groups -OCH3 is 2. The molecule has 130 valence electrons. The first-order valence-electron chi connectivity index (χ1n) is 7.99. The van der Waals surface area contributed by atoms with Crippen LogP contribution in [0.15, 0.2) is 18.2 Å². The van der Waals surface area contributed by atoms with Crippen LogP contribution in [0.5, 0.6) is 5.75 Å². The van der Waals surface area contributed by atoms with E-state index in [4.69, 9.17) is 37.7 Å². The maximum atomic E-state index is 6.62. The highest BCUT2D eigenvalue weighted by Crippen LogP contribution is 2.40. The summed E-state index contributed by atoms with van der Waals surface area (Å²) in [6.45, 7) is 1.93. The molecule has 2 heterocycles. The van der Waals surface area contributed by atoms with Crippen molar-refractivity contribution in [3.05, 3.63) is 45.3 Å². The number of aromatic nitrogens is 3. The second kappa shape index (κ2) is 6.16. The third kappa shape index (κ3) is 2.49. The molecule has 0 radical (unpaired) electrons. The van der Waals surface area contributed by atoms with Gasteiger partial charge in [-0.3, -0.25) is 0 Å². The highest BCUT2D eigenvalue weighted by Gasteiger charge is 2.30. The molecule has 1 aromatic carbocycles. The van der Waals surface area contributed by atoms with Gasteiger partial charge in [-0.05, 0) is 38.0 Å². The van der Waals surface area contributed by atoms with Crippen LogP contribution >= 0.6 is 23.2 Å². The number of halogens is 2. The van der Waals surface area contributed by atoms with E-state index in [1.807, 2.05) is 19.1 Å². The number of ether oxygens (including phenoxy) is 2. The third-order valence-corrected chi connectivity index (χ3v) is 5.40. The number of hydrogen-bond donors (Lipinski definition) is 0. The van der Waals surface area contributed by atoms with Gasteiger partial charge >= 0.3 is 0 Å². The Bertz CT molecular complexity index is 984. The Morgan fingerprint density at radius 3 is 2.72 bits per heavy atom. The highest BCUT2D eigenvalue weighted by molar-refractivity contribution is 6.34. The van der Waals surface area contributed by atoms with Crippen LogP contribution in [0, 0.1) is 6.92 Å². The van der Waals surface area contributed by atoms with Crippen molar-refractivity contribution in [2.45, 2.75) is 25.9 Å². The fourth-order valence-electron chi connectivity index (χ4n) is 3.45. The largest absolute Gasteiger partial charge is 0.497 e. The van der Waals surface area contributed by atoms with Gasteiger partial charge in [0.2, 0.25) is 0 Å². The van der Waals surface area contributed by atoms with Crippen molar-refractivity contribution in [1.82, 2.24) is 14.6 Å². The number of aryl methyl sites for hydroxylation is 1. The smallest absolute Gasteiger partial charge is 0.165 e. The van der Waals surface area contributed by atoms with Crippen LogP contribution in [0.4, 0.5) is 0 Å². The molecular weight excluding hydrogens is 361 g/mol. The van der Waals surface area contributed by atoms with Crippen LogP contribution in [-0.2, 0) is 11.2 Å². The van der Waals surface area contributed by atoms with Crippen LogP contribution in [0.2, 0.25) is 10.2 Å². The Morgan fingerprint density at radius 2 is 2.04 bits per heavy atom. The summed E-state index contributed by atoms with van der Waals surface area (Å²) in [4.78, 5) is 4.85. The molecule has 0 fully saturated rings. The molecule has 1 aliphatic rings. The van der Waals surface area contributed by atoms with E-state index in [0.29, 0.717) is 21.6 Å². The molecule has 5 nitrogen and oxygen atoms in total. The van der Waals surface area contributed by atoms with E-state index in [2.05, 4.69) is 5.10 Å². The first-order chi connectivity index (χ1) is 12.0. The van der Waals surface area contributed by atoms with Gasteiger partial charge in [0, 0.05) is 18.2 Å². The summed E-state index contributed by atoms with van der Waals surface area (Å²) in [7, 11) is 3.31. The van der Waals surface area contributed by atoms with Crippen LogP contribution in [-0.4, -0.2) is 28.8 Å². The van der Waals surface area contributed by atoms with Gasteiger partial charge in [-0.1, -0.05) is 23.2 Å². The minimum atomic E-state index is -0.0353. The third-order valence-electron chi connectivity index (χ3n) is 4.70. The Kier molecular flexibility index (Phi) is 4.10. The topological polar surface area (TPSA) is 48.7 Å². The van der Waals surface area contributed by atoms with Gasteiger partial charge in [-0.25, -0.2) is 9.50 Å². The highest BCUT2D eigenvalue weighted by atomic mass is 35.5. The lowest BCUT2D eigenvalue weighted by Crippen LogP contribution is -2.03. The van der Waals surface area contributed by atoms with Crippen molar-refractivity contribution < 1.29 is 9.47 Å². The summed E-state index contributed by atoms with van der Waals surface area (Å²) in [5.41, 5.74) is 5.14. The summed E-state index contributed by atoms with van der Waals surface area (Å²) in [6, 6.07) is 5.58. The lowest BCUT2D eigenvalue weighted by molar-refractivity contribution is 0.102. The van der Waals surface area contributed by atoms with Gasteiger partial charge in [0.1, 0.15) is 10.9 Å². The zero-order valence-electron chi connectivity index (χ0n) is 14.1. The fourth-order valence-corrected chi connectivity index (χ4v) is 4.02. The molecule has 0 saturated heterocycles. The lowest BCUT2D eigenvalue weighted by atomic mass is 10.1. The van der Waals surface area contributed by atoms with Gasteiger partial charge in [-0.2, -0.15) is 5.10 Å². The van der Waals surface area contributed by atoms with Crippen molar-refractivity contribution in [1.29, 1.82) is 0 Å². The van der Waals surface area contributed by atoms with Crippen molar-refractivity contribution >= 4 is 28.8 Å². The van der Waals surface area contributed by atoms with E-state index in [9.17, 15) is 0 Å². The van der Waals surface area contributed by atoms with Crippen molar-refractivity contribution in [3.63, 3.8) is 0 Å². The maximum absolute atomic E-state index is 6.62. The van der Waals surface area contributed by atoms with Gasteiger partial charge in [0.25, 0.3) is 0 Å². The van der Waals surface area contributed by atoms with E-state index < -0.39 is 0 Å². The Balaban J connectivity index is 1.99. The molecule has 3 aromatic rings. The molecule has 0 aliphatic heterocycles. The second-order valence-corrected chi connectivity index (χ2v) is 6.84. The van der Waals surface area contributed by atoms with Crippen LogP contribution < -0.4 is 4.74 Å². The summed E-state index contributed by atoms with van der Waals surface area (Å²) in [5, 5.41) is 5.77. The maximum Gasteiger partial charge on any atom is 0.165 e. The summed E-state index contributed by atoms with van der Waals surface area (Å²) in [5.74, 6) is 0.703. The molecule has 0 saturated carbocycles. The van der Waals surface area contributed by atoms with Crippen molar-refractivity contribution in [2.24, 2.45) is 0 Å². The molecule has 1 unspecified atom stereocenters. The molecule has 2 aromatic heterocycles. The van der Waals surface area contributed by atoms with E-state index >= 15 is 0 Å². The Morgan fingerprint density at radius 1 is 1.24 bits per heavy atom. The van der Waals surface area contributed by atoms with E-state index in [0.717, 1.165) is 40.9 Å². The van der Waals surface area contributed by atoms with Crippen LogP contribution in [0.3, 0.4) is 0 Å². The minimum Gasteiger partial charge on any atom is -0.497 e. The SMILES string of the molecule is COc1ccc(-c2c(C)nn3c(Cl)c4c(nc23)C(OC)CC4)c(Cl)c1. The molecule has 1 aliphatic carbocycles. The molecular formula is C18H17Cl2N3O2. The molecule has 4 rings (SSSR count). The quantitative estimate of drug-likeness (QED) is 0.623. The molecule has 0 N–H and O–H groups in total. The lowest BCUT2D eigenvalue weighted by Gasteiger charge is -2.11. The molecule has 0 spiro atoms. The monoisotopic (exact) mass is 377 g/mol. The molecule has 7 heteroatoms. The summed E-state index contributed by atoms with van der Waals surface area (Å²) in [6.07, 6.45) is 1.68. The van der Waals surface area contributed by atoms with E-state index in [-0.39, 0.29) is 6.10 Å². The molecule has 1 atom stereocenters. The Hall–Kier alpha value is -1.82. The van der Waals surface area contributed by atoms with Gasteiger partial charge in [0.05, 0.1) is 35.2 Å². The first kappa shape index (κ1) is 16.6. The number of rotatable bonds is 3. The standard InChI is InChI=1S/C18H17Cl2N3O2/c1-9-15(11-5-4-10(24-2)8-13(11)19)18-21-16-12(6-7-14(16)25-3)17(20)23(18)22-9/h4-5,8,14H,6-7H2,1-3H3. The van der Waals surface area contributed by atoms with Crippen molar-refractivity contribution in [2.75, 3.05) is 14.2 Å². The van der Waals surface area contributed by atoms with Gasteiger partial charge in [0.15, 0.2) is 5.65 Å². The van der Waals surface area contributed by atoms with E-state index in [1.54, 1.807) is 24.8 Å². The normalized spacial score (nSPS) is 16.4. The van der Waals surface area contributed by atoms with Gasteiger partial charge < -0.3 is 9.47 Å². The molecule has 25 heavy (non-hydrogen) atoms. The predicted molar refractivity (Wildman–Crippen MR) is 97.8 cm³/mol. The van der Waals surface area contributed by atoms with Crippen LogP contribution in [0.1, 0.15) is 29.5 Å². The average Bonchev–Trinajstić information content (AvgIpc) is 3.16. The number of hydrogen-bond acceptors (Lipinski definition) is 4. The number of nitrogens with zero attached hydrogens (tertiary/aromatic N) is 3. The molecule has 0 amide bonds. The molecule has 0 bridgehead atoms. The zero-order valence-corrected chi connectivity index (χ0v) is 15.6. The number of benzene rings is 1. The minimum absolute atomic E-state index is 0.0353. The zero-order chi connectivity index (χ0) is 17.7. The average molecular weight is 378 g/mol. The summed E-state index contributed by atoms with van der Waals surface area (Å²) < 4.78 is 12.5. The van der Waals surface area contributed by atoms with Crippen LogP contribution in [0.25, 0.3) is 16.8 Å². The summed E-state index contributed by atoms with van der Waals surface area (Å²) >= 11 is 13.1. The van der Waals surface area contributed by atoms with E-state index in [1.165, 1.54) is 0 Å². The number of fused-ring (bicyclic) bond motifs is 2. The van der Waals surface area contributed by atoms with Crippen molar-refractivity contribution in [3.8, 4) is 16.9 Å². The Labute approximate surface area is 155 Å². The first-order valence-corrected chi connectivity index (χ1v) is 8.75. The fraction of sp³-hybridized carbons (Fsp3) is 0.333.